The molecule has 0 radical (unpaired) electrons. The van der Waals surface area contributed by atoms with Gasteiger partial charge in [-0.2, -0.15) is 0 Å². The second-order valence-electron chi connectivity index (χ2n) is 5.87. The van der Waals surface area contributed by atoms with E-state index in [4.69, 9.17) is 18.9 Å². The molecule has 6 nitrogen and oxygen atoms in total. The molecule has 4 atom stereocenters. The van der Waals surface area contributed by atoms with Crippen LogP contribution in [0, 0.1) is 17.8 Å². The van der Waals surface area contributed by atoms with Crippen LogP contribution in [0.1, 0.15) is 26.2 Å². The number of rotatable bonds is 2. The number of methoxy groups -OCH3 is 1. The lowest BCUT2D eigenvalue weighted by molar-refractivity contribution is -0.168. The standard InChI is InChI=1S/C14H20O6/c1-8(15)20-11-5-9-6-14(18-3-4-19-14)7-10(9)12(11)13(16)17-2/h9-12H,3-7H2,1-2H3/t9-,10+,11+,12+/m0/s1. The summed E-state index contributed by atoms with van der Waals surface area (Å²) in [5.74, 6) is -1.21. The van der Waals surface area contributed by atoms with Crippen LogP contribution in [0.2, 0.25) is 0 Å². The molecule has 0 unspecified atom stereocenters. The molecule has 0 aromatic carbocycles. The van der Waals surface area contributed by atoms with Crippen molar-refractivity contribution < 1.29 is 28.5 Å². The molecule has 0 bridgehead atoms. The molecule has 1 spiro atoms. The normalized spacial score (nSPS) is 37.9. The SMILES string of the molecule is COC(=O)[C@@H]1[C@@H]2CC3(C[C@@H]2C[C@H]1OC(C)=O)OCCO3. The van der Waals surface area contributed by atoms with Gasteiger partial charge < -0.3 is 18.9 Å². The Labute approximate surface area is 117 Å². The van der Waals surface area contributed by atoms with E-state index in [9.17, 15) is 9.59 Å². The molecule has 2 aliphatic carbocycles. The van der Waals surface area contributed by atoms with Crippen LogP contribution >= 0.6 is 0 Å². The van der Waals surface area contributed by atoms with Crippen LogP contribution in [0.3, 0.4) is 0 Å². The number of hydrogen-bond acceptors (Lipinski definition) is 6. The van der Waals surface area contributed by atoms with Gasteiger partial charge in [-0.15, -0.1) is 0 Å². The summed E-state index contributed by atoms with van der Waals surface area (Å²) in [4.78, 5) is 23.3. The lowest BCUT2D eigenvalue weighted by Gasteiger charge is -2.26. The van der Waals surface area contributed by atoms with Gasteiger partial charge in [-0.1, -0.05) is 0 Å². The Bertz CT molecular complexity index is 414. The average Bonchev–Trinajstić information content (AvgIpc) is 3.04. The van der Waals surface area contributed by atoms with Gasteiger partial charge in [-0.25, -0.2) is 0 Å². The summed E-state index contributed by atoms with van der Waals surface area (Å²) in [5, 5.41) is 0. The van der Waals surface area contributed by atoms with Crippen molar-refractivity contribution in [3.05, 3.63) is 0 Å². The Morgan fingerprint density at radius 3 is 2.50 bits per heavy atom. The van der Waals surface area contributed by atoms with Gasteiger partial charge in [-0.05, 0) is 18.3 Å². The van der Waals surface area contributed by atoms with E-state index in [2.05, 4.69) is 0 Å². The van der Waals surface area contributed by atoms with Gasteiger partial charge in [0.25, 0.3) is 0 Å². The maximum atomic E-state index is 12.1. The third-order valence-electron chi connectivity index (χ3n) is 4.73. The van der Waals surface area contributed by atoms with Crippen molar-refractivity contribution in [1.82, 2.24) is 0 Å². The molecular formula is C14H20O6. The Morgan fingerprint density at radius 2 is 1.90 bits per heavy atom. The lowest BCUT2D eigenvalue weighted by Crippen LogP contribution is -2.35. The van der Waals surface area contributed by atoms with Crippen LogP contribution in [-0.4, -0.2) is 44.2 Å². The molecule has 0 aromatic heterocycles. The zero-order chi connectivity index (χ0) is 14.3. The van der Waals surface area contributed by atoms with Crippen molar-refractivity contribution in [2.45, 2.75) is 38.1 Å². The van der Waals surface area contributed by atoms with E-state index < -0.39 is 11.7 Å². The summed E-state index contributed by atoms with van der Waals surface area (Å²) in [6.07, 6.45) is 1.74. The Morgan fingerprint density at radius 1 is 1.20 bits per heavy atom. The first kappa shape index (κ1) is 13.8. The number of carbonyl (C=O) groups is 2. The summed E-state index contributed by atoms with van der Waals surface area (Å²) in [6, 6.07) is 0. The number of fused-ring (bicyclic) bond motifs is 1. The third-order valence-corrected chi connectivity index (χ3v) is 4.73. The third kappa shape index (κ3) is 2.20. The Hall–Kier alpha value is -1.14. The summed E-state index contributed by atoms with van der Waals surface area (Å²) in [5.41, 5.74) is 0. The molecule has 0 aromatic rings. The maximum absolute atomic E-state index is 12.1. The van der Waals surface area contributed by atoms with Gasteiger partial charge >= 0.3 is 11.9 Å². The van der Waals surface area contributed by atoms with Crippen molar-refractivity contribution in [2.24, 2.45) is 17.8 Å². The van der Waals surface area contributed by atoms with Crippen LogP contribution in [-0.2, 0) is 28.5 Å². The van der Waals surface area contributed by atoms with E-state index >= 15 is 0 Å². The first-order valence-electron chi connectivity index (χ1n) is 7.07. The maximum Gasteiger partial charge on any atom is 0.312 e. The number of hydrogen-bond donors (Lipinski definition) is 0. The van der Waals surface area contributed by atoms with Crippen LogP contribution in [0.5, 0.6) is 0 Å². The molecule has 0 N–H and O–H groups in total. The van der Waals surface area contributed by atoms with Crippen LogP contribution < -0.4 is 0 Å². The molecule has 2 saturated carbocycles. The first-order valence-corrected chi connectivity index (χ1v) is 7.07. The zero-order valence-electron chi connectivity index (χ0n) is 11.8. The highest BCUT2D eigenvalue weighted by Gasteiger charge is 2.59. The second kappa shape index (κ2) is 5.00. The van der Waals surface area contributed by atoms with Crippen LogP contribution in [0.4, 0.5) is 0 Å². The highest BCUT2D eigenvalue weighted by Crippen LogP contribution is 2.55. The van der Waals surface area contributed by atoms with E-state index in [1.807, 2.05) is 0 Å². The minimum atomic E-state index is -0.525. The largest absolute Gasteiger partial charge is 0.469 e. The van der Waals surface area contributed by atoms with Gasteiger partial charge in [0, 0.05) is 19.8 Å². The van der Waals surface area contributed by atoms with Crippen molar-refractivity contribution in [3.63, 3.8) is 0 Å². The van der Waals surface area contributed by atoms with Crippen molar-refractivity contribution in [3.8, 4) is 0 Å². The minimum absolute atomic E-state index is 0.102. The van der Waals surface area contributed by atoms with Crippen molar-refractivity contribution in [1.29, 1.82) is 0 Å². The first-order chi connectivity index (χ1) is 9.54. The molecular weight excluding hydrogens is 264 g/mol. The van der Waals surface area contributed by atoms with E-state index in [-0.39, 0.29) is 29.9 Å². The molecule has 3 fully saturated rings. The highest BCUT2D eigenvalue weighted by molar-refractivity contribution is 5.75. The van der Waals surface area contributed by atoms with Crippen molar-refractivity contribution in [2.75, 3.05) is 20.3 Å². The molecule has 6 heteroatoms. The monoisotopic (exact) mass is 284 g/mol. The number of carbonyl (C=O) groups excluding carboxylic acids is 2. The van der Waals surface area contributed by atoms with Crippen molar-refractivity contribution >= 4 is 11.9 Å². The van der Waals surface area contributed by atoms with E-state index in [1.165, 1.54) is 14.0 Å². The summed E-state index contributed by atoms with van der Waals surface area (Å²) in [7, 11) is 1.37. The predicted molar refractivity (Wildman–Crippen MR) is 66.5 cm³/mol. The predicted octanol–water partition coefficient (Wildman–Crippen LogP) is 0.880. The fourth-order valence-corrected chi connectivity index (χ4v) is 4.09. The lowest BCUT2D eigenvalue weighted by atomic mass is 9.91. The summed E-state index contributed by atoms with van der Waals surface area (Å²) >= 11 is 0. The molecule has 112 valence electrons. The van der Waals surface area contributed by atoms with E-state index in [0.29, 0.717) is 26.1 Å². The Kier molecular flexibility index (Phi) is 3.46. The van der Waals surface area contributed by atoms with Gasteiger partial charge in [0.1, 0.15) is 6.10 Å². The van der Waals surface area contributed by atoms with Crippen LogP contribution in [0.25, 0.3) is 0 Å². The minimum Gasteiger partial charge on any atom is -0.469 e. The van der Waals surface area contributed by atoms with Gasteiger partial charge in [0.05, 0.1) is 26.2 Å². The molecule has 1 aliphatic heterocycles. The summed E-state index contributed by atoms with van der Waals surface area (Å²) < 4.78 is 21.7. The second-order valence-corrected chi connectivity index (χ2v) is 5.87. The van der Waals surface area contributed by atoms with Gasteiger partial charge in [0.15, 0.2) is 5.79 Å². The van der Waals surface area contributed by atoms with E-state index in [0.717, 1.165) is 6.42 Å². The molecule has 3 aliphatic rings. The quantitative estimate of drug-likeness (QED) is 0.701. The number of esters is 2. The fraction of sp³-hybridized carbons (Fsp3) is 0.857. The smallest absolute Gasteiger partial charge is 0.312 e. The fourth-order valence-electron chi connectivity index (χ4n) is 4.09. The average molecular weight is 284 g/mol. The molecule has 20 heavy (non-hydrogen) atoms. The van der Waals surface area contributed by atoms with E-state index in [1.54, 1.807) is 0 Å². The highest BCUT2D eigenvalue weighted by atomic mass is 16.7. The molecule has 1 saturated heterocycles. The Balaban J connectivity index is 1.78. The zero-order valence-corrected chi connectivity index (χ0v) is 11.8. The summed E-state index contributed by atoms with van der Waals surface area (Å²) in [6.45, 7) is 2.58. The van der Waals surface area contributed by atoms with Crippen LogP contribution in [0.15, 0.2) is 0 Å². The molecule has 3 rings (SSSR count). The molecule has 1 heterocycles. The van der Waals surface area contributed by atoms with Gasteiger partial charge in [0.2, 0.25) is 0 Å². The molecule has 0 amide bonds. The number of ether oxygens (including phenoxy) is 4. The topological polar surface area (TPSA) is 71.1 Å². The van der Waals surface area contributed by atoms with Gasteiger partial charge in [-0.3, -0.25) is 9.59 Å².